The number of carbonyl (C=O) groups excluding carboxylic acids is 1. The molecule has 5 heteroatoms. The summed E-state index contributed by atoms with van der Waals surface area (Å²) in [7, 11) is 0. The molecule has 2 saturated carbocycles. The maximum Gasteiger partial charge on any atom is 0.247 e. The first-order valence-corrected chi connectivity index (χ1v) is 9.44. The molecule has 2 aromatic rings. The Kier molecular flexibility index (Phi) is 4.32. The van der Waals surface area contributed by atoms with Gasteiger partial charge in [-0.25, -0.2) is 4.68 Å². The molecule has 1 aromatic carbocycles. The number of benzene rings is 1. The second-order valence-corrected chi connectivity index (χ2v) is 7.49. The van der Waals surface area contributed by atoms with Crippen LogP contribution in [0.25, 0.3) is 0 Å². The fourth-order valence-electron chi connectivity index (χ4n) is 3.63. The zero-order chi connectivity index (χ0) is 17.4. The van der Waals surface area contributed by atoms with E-state index < -0.39 is 0 Å². The van der Waals surface area contributed by atoms with Gasteiger partial charge in [-0.05, 0) is 45.1 Å². The van der Waals surface area contributed by atoms with Crippen LogP contribution < -0.4 is 0 Å². The van der Waals surface area contributed by atoms with Crippen molar-refractivity contribution in [2.45, 2.75) is 70.0 Å². The first-order chi connectivity index (χ1) is 12.1. The zero-order valence-electron chi connectivity index (χ0n) is 15.0. The molecule has 1 amide bonds. The second-order valence-electron chi connectivity index (χ2n) is 7.49. The van der Waals surface area contributed by atoms with Crippen LogP contribution in [0.2, 0.25) is 0 Å². The average Bonchev–Trinajstić information content (AvgIpc) is 3.31. The molecule has 2 fully saturated rings. The van der Waals surface area contributed by atoms with E-state index in [9.17, 15) is 4.79 Å². The van der Waals surface area contributed by atoms with E-state index in [-0.39, 0.29) is 18.0 Å². The Balaban J connectivity index is 1.53. The van der Waals surface area contributed by atoms with Crippen LogP contribution in [-0.2, 0) is 4.79 Å². The third-order valence-corrected chi connectivity index (χ3v) is 5.70. The van der Waals surface area contributed by atoms with E-state index in [1.165, 1.54) is 24.8 Å². The fourth-order valence-corrected chi connectivity index (χ4v) is 3.63. The van der Waals surface area contributed by atoms with Gasteiger partial charge in [-0.2, -0.15) is 0 Å². The molecule has 2 unspecified atom stereocenters. The minimum absolute atomic E-state index is 0.0817. The lowest BCUT2D eigenvalue weighted by Gasteiger charge is -2.32. The summed E-state index contributed by atoms with van der Waals surface area (Å²) in [6, 6.07) is 10.4. The van der Waals surface area contributed by atoms with E-state index in [0.717, 1.165) is 18.5 Å². The van der Waals surface area contributed by atoms with E-state index >= 15 is 0 Å². The predicted molar refractivity (Wildman–Crippen MR) is 96.1 cm³/mol. The van der Waals surface area contributed by atoms with Gasteiger partial charge in [-0.3, -0.25) is 4.79 Å². The predicted octanol–water partition coefficient (Wildman–Crippen LogP) is 3.86. The van der Waals surface area contributed by atoms with E-state index in [4.69, 9.17) is 0 Å². The number of amides is 1. The Morgan fingerprint density at radius 1 is 1.16 bits per heavy atom. The van der Waals surface area contributed by atoms with E-state index in [1.54, 1.807) is 4.68 Å². The van der Waals surface area contributed by atoms with E-state index in [1.807, 2.05) is 31.3 Å². The zero-order valence-corrected chi connectivity index (χ0v) is 15.0. The topological polar surface area (TPSA) is 51.0 Å². The largest absolute Gasteiger partial charge is 0.331 e. The summed E-state index contributed by atoms with van der Waals surface area (Å²) < 4.78 is 1.75. The van der Waals surface area contributed by atoms with Crippen molar-refractivity contribution in [2.75, 3.05) is 0 Å². The lowest BCUT2D eigenvalue weighted by atomic mass is 9.83. The van der Waals surface area contributed by atoms with Crippen LogP contribution in [0.15, 0.2) is 36.5 Å². The van der Waals surface area contributed by atoms with Crippen molar-refractivity contribution in [3.8, 4) is 0 Å². The van der Waals surface area contributed by atoms with Crippen LogP contribution in [0.5, 0.6) is 0 Å². The molecular formula is C20H26N4O. The second kappa shape index (κ2) is 6.62. The molecule has 25 heavy (non-hydrogen) atoms. The van der Waals surface area contributed by atoms with Gasteiger partial charge in [0.25, 0.3) is 0 Å². The van der Waals surface area contributed by atoms with E-state index in [2.05, 4.69) is 34.3 Å². The number of carbonyl (C=O) groups is 1. The van der Waals surface area contributed by atoms with Gasteiger partial charge in [0.15, 0.2) is 0 Å². The first-order valence-electron chi connectivity index (χ1n) is 9.44. The quantitative estimate of drug-likeness (QED) is 0.803. The summed E-state index contributed by atoms with van der Waals surface area (Å²) in [5.74, 6) is 0.683. The highest BCUT2D eigenvalue weighted by molar-refractivity contribution is 5.81. The molecule has 2 aliphatic carbocycles. The third-order valence-electron chi connectivity index (χ3n) is 5.70. The van der Waals surface area contributed by atoms with Crippen LogP contribution >= 0.6 is 0 Å². The number of hydrogen-bond donors (Lipinski definition) is 0. The molecular weight excluding hydrogens is 312 g/mol. The molecule has 4 rings (SSSR count). The molecule has 0 bridgehead atoms. The van der Waals surface area contributed by atoms with Gasteiger partial charge in [0.05, 0.1) is 11.7 Å². The SMILES string of the molecule is CC(c1ccccc1)N(C(=O)C(C)n1cc(C2CCC2)nn1)C1CC1. The maximum atomic E-state index is 13.2. The summed E-state index contributed by atoms with van der Waals surface area (Å²) in [6.07, 6.45) is 7.84. The summed E-state index contributed by atoms with van der Waals surface area (Å²) in [5.41, 5.74) is 2.23. The molecule has 132 valence electrons. The highest BCUT2D eigenvalue weighted by atomic mass is 16.2. The average molecular weight is 338 g/mol. The molecule has 1 heterocycles. The normalized spacial score (nSPS) is 19.9. The third kappa shape index (κ3) is 3.20. The van der Waals surface area contributed by atoms with Gasteiger partial charge >= 0.3 is 0 Å². The summed E-state index contributed by atoms with van der Waals surface area (Å²) in [6.45, 7) is 4.06. The standard InChI is InChI=1S/C20H26N4O/c1-14(16-7-4-3-5-8-16)24(18-11-12-18)20(25)15(2)23-13-19(21-22-23)17-9-6-10-17/h3-5,7-8,13-15,17-18H,6,9-12H2,1-2H3. The van der Waals surface area contributed by atoms with Gasteiger partial charge in [-0.15, -0.1) is 5.10 Å². The molecule has 5 nitrogen and oxygen atoms in total. The Morgan fingerprint density at radius 3 is 2.48 bits per heavy atom. The van der Waals surface area contributed by atoms with Crippen LogP contribution in [0.4, 0.5) is 0 Å². The molecule has 2 aliphatic rings. The monoisotopic (exact) mass is 338 g/mol. The minimum Gasteiger partial charge on any atom is -0.331 e. The van der Waals surface area contributed by atoms with Crippen molar-refractivity contribution in [3.05, 3.63) is 47.8 Å². The van der Waals surface area contributed by atoms with Gasteiger partial charge < -0.3 is 4.90 Å². The van der Waals surface area contributed by atoms with Crippen LogP contribution in [-0.4, -0.2) is 31.8 Å². The van der Waals surface area contributed by atoms with Gasteiger partial charge in [-0.1, -0.05) is 42.0 Å². The molecule has 0 spiro atoms. The Hall–Kier alpha value is -2.17. The van der Waals surface area contributed by atoms with Gasteiger partial charge in [0.2, 0.25) is 5.91 Å². The lowest BCUT2D eigenvalue weighted by molar-refractivity contribution is -0.137. The number of aromatic nitrogens is 3. The highest BCUT2D eigenvalue weighted by Gasteiger charge is 2.38. The number of nitrogens with zero attached hydrogens (tertiary/aromatic N) is 4. The molecule has 0 saturated heterocycles. The molecule has 0 aliphatic heterocycles. The smallest absolute Gasteiger partial charge is 0.247 e. The van der Waals surface area contributed by atoms with Crippen LogP contribution in [0.3, 0.4) is 0 Å². The van der Waals surface area contributed by atoms with Crippen molar-refractivity contribution in [1.82, 2.24) is 19.9 Å². The molecule has 0 N–H and O–H groups in total. The molecule has 1 aromatic heterocycles. The van der Waals surface area contributed by atoms with Crippen molar-refractivity contribution in [2.24, 2.45) is 0 Å². The molecule has 2 atom stereocenters. The Morgan fingerprint density at radius 2 is 1.88 bits per heavy atom. The summed E-state index contributed by atoms with van der Waals surface area (Å²) in [4.78, 5) is 15.3. The maximum absolute atomic E-state index is 13.2. The van der Waals surface area contributed by atoms with Crippen molar-refractivity contribution >= 4 is 5.91 Å². The van der Waals surface area contributed by atoms with E-state index in [0.29, 0.717) is 12.0 Å². The Labute approximate surface area is 149 Å². The highest BCUT2D eigenvalue weighted by Crippen LogP contribution is 2.37. The number of hydrogen-bond acceptors (Lipinski definition) is 3. The van der Waals surface area contributed by atoms with Crippen molar-refractivity contribution in [3.63, 3.8) is 0 Å². The van der Waals surface area contributed by atoms with Crippen molar-refractivity contribution < 1.29 is 4.79 Å². The first kappa shape index (κ1) is 16.3. The van der Waals surface area contributed by atoms with Crippen LogP contribution in [0.1, 0.15) is 75.2 Å². The van der Waals surface area contributed by atoms with Gasteiger partial charge in [0, 0.05) is 18.2 Å². The fraction of sp³-hybridized carbons (Fsp3) is 0.550. The Bertz CT molecular complexity index is 733. The van der Waals surface area contributed by atoms with Gasteiger partial charge in [0.1, 0.15) is 6.04 Å². The number of rotatable bonds is 6. The lowest BCUT2D eigenvalue weighted by Crippen LogP contribution is -2.40. The minimum atomic E-state index is -0.312. The summed E-state index contributed by atoms with van der Waals surface area (Å²) >= 11 is 0. The summed E-state index contributed by atoms with van der Waals surface area (Å²) in [5, 5.41) is 8.56. The molecule has 0 radical (unpaired) electrons. The van der Waals surface area contributed by atoms with Crippen LogP contribution in [0, 0.1) is 0 Å². The van der Waals surface area contributed by atoms with Crippen molar-refractivity contribution in [1.29, 1.82) is 0 Å².